The molecule has 3 N–H and O–H groups in total. The molecule has 0 aromatic heterocycles. The molecule has 0 aliphatic rings. The predicted molar refractivity (Wildman–Crippen MR) is 25.7 cm³/mol. The van der Waals surface area contributed by atoms with Gasteiger partial charge in [-0.2, -0.15) is 0 Å². The van der Waals surface area contributed by atoms with Crippen LogP contribution in [0.2, 0.25) is 0 Å². The van der Waals surface area contributed by atoms with E-state index in [1.807, 2.05) is 0 Å². The normalized spacial score (nSPS) is 16.1. The van der Waals surface area contributed by atoms with Crippen LogP contribution in [0.25, 0.3) is 0 Å². The zero-order valence-corrected chi connectivity index (χ0v) is 4.56. The highest BCUT2D eigenvalue weighted by molar-refractivity contribution is 4.70. The highest BCUT2D eigenvalue weighted by Crippen LogP contribution is 2.15. The first-order valence-electron chi connectivity index (χ1n) is 2.24. The van der Waals surface area contributed by atoms with Crippen LogP contribution in [0, 0.1) is 0 Å². The van der Waals surface area contributed by atoms with E-state index in [1.165, 1.54) is 0 Å². The summed E-state index contributed by atoms with van der Waals surface area (Å²) in [5.74, 6) is -3.06. The molecule has 8 heavy (non-hydrogen) atoms. The Kier molecular flexibility index (Phi) is 2.30. The third-order valence-corrected chi connectivity index (χ3v) is 0.808. The van der Waals surface area contributed by atoms with Crippen molar-refractivity contribution in [2.24, 2.45) is 5.73 Å². The van der Waals surface area contributed by atoms with Gasteiger partial charge in [0.15, 0.2) is 0 Å². The van der Waals surface area contributed by atoms with Crippen LogP contribution in [0.5, 0.6) is 0 Å². The van der Waals surface area contributed by atoms with Gasteiger partial charge >= 0.3 is 0 Å². The maximum absolute atomic E-state index is 11.8. The molecular weight excluding hydrogens is 116 g/mol. The molecule has 0 saturated heterocycles. The molecule has 0 aromatic rings. The average Bonchev–Trinajstić information content (AvgIpc) is 1.62. The van der Waals surface area contributed by atoms with Crippen LogP contribution in [-0.4, -0.2) is 23.7 Å². The van der Waals surface area contributed by atoms with Crippen molar-refractivity contribution in [2.75, 3.05) is 6.54 Å². The second-order valence-electron chi connectivity index (χ2n) is 1.71. The molecule has 0 saturated carbocycles. The fourth-order valence-electron chi connectivity index (χ4n) is 0.207. The number of alkyl halides is 2. The van der Waals surface area contributed by atoms with E-state index < -0.39 is 18.6 Å². The smallest absolute Gasteiger partial charge is 0.271 e. The van der Waals surface area contributed by atoms with Crippen molar-refractivity contribution in [1.82, 2.24) is 0 Å². The number of halogens is 2. The molecule has 1 atom stereocenters. The topological polar surface area (TPSA) is 46.2 Å². The van der Waals surface area contributed by atoms with Crippen LogP contribution >= 0.6 is 0 Å². The SMILES string of the molecule is CC(F)(F)[C@@H](O)CN. The van der Waals surface area contributed by atoms with E-state index in [4.69, 9.17) is 10.8 Å². The minimum Gasteiger partial charge on any atom is -0.386 e. The van der Waals surface area contributed by atoms with E-state index in [9.17, 15) is 8.78 Å². The predicted octanol–water partition coefficient (Wildman–Crippen LogP) is -0.0388. The van der Waals surface area contributed by atoms with Gasteiger partial charge in [-0.3, -0.25) is 0 Å². The van der Waals surface area contributed by atoms with E-state index in [0.29, 0.717) is 6.92 Å². The summed E-state index contributed by atoms with van der Waals surface area (Å²) < 4.78 is 23.6. The van der Waals surface area contributed by atoms with Gasteiger partial charge in [0.2, 0.25) is 0 Å². The van der Waals surface area contributed by atoms with E-state index in [1.54, 1.807) is 0 Å². The van der Waals surface area contributed by atoms with Crippen LogP contribution < -0.4 is 5.73 Å². The largest absolute Gasteiger partial charge is 0.386 e. The highest BCUT2D eigenvalue weighted by Gasteiger charge is 2.30. The van der Waals surface area contributed by atoms with Gasteiger partial charge in [-0.25, -0.2) is 8.78 Å². The van der Waals surface area contributed by atoms with Gasteiger partial charge in [-0.05, 0) is 0 Å². The van der Waals surface area contributed by atoms with Gasteiger partial charge in [0.25, 0.3) is 5.92 Å². The number of hydrogen-bond acceptors (Lipinski definition) is 2. The lowest BCUT2D eigenvalue weighted by molar-refractivity contribution is -0.0878. The van der Waals surface area contributed by atoms with Gasteiger partial charge < -0.3 is 10.8 Å². The molecule has 0 aliphatic heterocycles. The Hall–Kier alpha value is -0.220. The second-order valence-corrected chi connectivity index (χ2v) is 1.71. The zero-order valence-electron chi connectivity index (χ0n) is 4.56. The molecule has 0 fully saturated rings. The van der Waals surface area contributed by atoms with Crippen LogP contribution in [0.15, 0.2) is 0 Å². The third kappa shape index (κ3) is 2.18. The Labute approximate surface area is 46.3 Å². The van der Waals surface area contributed by atoms with Crippen LogP contribution in [-0.2, 0) is 0 Å². The molecule has 0 unspecified atom stereocenters. The van der Waals surface area contributed by atoms with Gasteiger partial charge in [-0.1, -0.05) is 0 Å². The Bertz CT molecular complexity index is 70.9. The quantitative estimate of drug-likeness (QED) is 0.544. The van der Waals surface area contributed by atoms with Gasteiger partial charge in [0, 0.05) is 13.5 Å². The van der Waals surface area contributed by atoms with Crippen molar-refractivity contribution in [2.45, 2.75) is 19.0 Å². The molecule has 0 amide bonds. The van der Waals surface area contributed by atoms with Crippen molar-refractivity contribution in [3.8, 4) is 0 Å². The van der Waals surface area contributed by atoms with Crippen molar-refractivity contribution in [1.29, 1.82) is 0 Å². The number of aliphatic hydroxyl groups excluding tert-OH is 1. The number of rotatable bonds is 2. The molecule has 0 heterocycles. The molecule has 0 rings (SSSR count). The number of aliphatic hydroxyl groups is 1. The van der Waals surface area contributed by atoms with E-state index in [0.717, 1.165) is 0 Å². The van der Waals surface area contributed by atoms with Crippen molar-refractivity contribution < 1.29 is 13.9 Å². The minimum absolute atomic E-state index is 0.399. The molecule has 0 aliphatic carbocycles. The van der Waals surface area contributed by atoms with E-state index in [2.05, 4.69) is 0 Å². The molecule has 0 aromatic carbocycles. The van der Waals surface area contributed by atoms with Crippen molar-refractivity contribution >= 4 is 0 Å². The van der Waals surface area contributed by atoms with Gasteiger partial charge in [0.1, 0.15) is 6.10 Å². The summed E-state index contributed by atoms with van der Waals surface area (Å²) in [6.45, 7) is 0.230. The Morgan fingerprint density at radius 1 is 1.75 bits per heavy atom. The fourth-order valence-corrected chi connectivity index (χ4v) is 0.207. The zero-order chi connectivity index (χ0) is 6.78. The standard InChI is InChI=1S/C4H9F2NO/c1-4(5,6)3(8)2-7/h3,8H,2,7H2,1H3/t3-/m0/s1. The van der Waals surface area contributed by atoms with E-state index in [-0.39, 0.29) is 0 Å². The number of hydrogen-bond donors (Lipinski definition) is 2. The summed E-state index contributed by atoms with van der Waals surface area (Å²) in [4.78, 5) is 0. The Morgan fingerprint density at radius 2 is 2.12 bits per heavy atom. The first-order valence-corrected chi connectivity index (χ1v) is 2.24. The maximum Gasteiger partial charge on any atom is 0.271 e. The maximum atomic E-state index is 11.8. The lowest BCUT2D eigenvalue weighted by Crippen LogP contribution is -2.36. The molecule has 4 heteroatoms. The summed E-state index contributed by atoms with van der Waals surface area (Å²) in [5, 5.41) is 8.32. The molecule has 50 valence electrons. The van der Waals surface area contributed by atoms with Crippen molar-refractivity contribution in [3.05, 3.63) is 0 Å². The summed E-state index contributed by atoms with van der Waals surface area (Å²) in [5.41, 5.74) is 4.73. The molecule has 0 radical (unpaired) electrons. The summed E-state index contributed by atoms with van der Waals surface area (Å²) in [6.07, 6.45) is -1.71. The Balaban J connectivity index is 3.62. The van der Waals surface area contributed by atoms with Crippen molar-refractivity contribution in [3.63, 3.8) is 0 Å². The first kappa shape index (κ1) is 7.78. The summed E-state index contributed by atoms with van der Waals surface area (Å²) in [7, 11) is 0. The van der Waals surface area contributed by atoms with E-state index >= 15 is 0 Å². The lowest BCUT2D eigenvalue weighted by Gasteiger charge is -2.14. The third-order valence-electron chi connectivity index (χ3n) is 0.808. The highest BCUT2D eigenvalue weighted by atomic mass is 19.3. The van der Waals surface area contributed by atoms with Crippen LogP contribution in [0.1, 0.15) is 6.92 Å². The Morgan fingerprint density at radius 3 is 2.12 bits per heavy atom. The first-order chi connectivity index (χ1) is 3.48. The van der Waals surface area contributed by atoms with Gasteiger partial charge in [-0.15, -0.1) is 0 Å². The molecule has 0 spiro atoms. The molecular formula is C4H9F2NO. The fraction of sp³-hybridized carbons (Fsp3) is 1.00. The molecule has 2 nitrogen and oxygen atoms in total. The summed E-state index contributed by atoms with van der Waals surface area (Å²) >= 11 is 0. The average molecular weight is 125 g/mol. The second kappa shape index (κ2) is 2.37. The monoisotopic (exact) mass is 125 g/mol. The number of nitrogens with two attached hydrogens (primary N) is 1. The van der Waals surface area contributed by atoms with Crippen LogP contribution in [0.4, 0.5) is 8.78 Å². The van der Waals surface area contributed by atoms with Crippen LogP contribution in [0.3, 0.4) is 0 Å². The van der Waals surface area contributed by atoms with Gasteiger partial charge in [0.05, 0.1) is 0 Å². The summed E-state index contributed by atoms with van der Waals surface area (Å²) in [6, 6.07) is 0. The molecule has 0 bridgehead atoms. The minimum atomic E-state index is -3.06. The lowest BCUT2D eigenvalue weighted by atomic mass is 10.2.